The quantitative estimate of drug-likeness (QED) is 0.795. The second-order valence-corrected chi connectivity index (χ2v) is 6.86. The van der Waals surface area contributed by atoms with Gasteiger partial charge in [0.2, 0.25) is 11.8 Å². The normalized spacial score (nSPS) is 28.0. The van der Waals surface area contributed by atoms with Gasteiger partial charge in [-0.2, -0.15) is 0 Å². The monoisotopic (exact) mass is 292 g/mol. The second kappa shape index (κ2) is 5.43. The van der Waals surface area contributed by atoms with Crippen molar-refractivity contribution >= 4 is 17.8 Å². The molecular formula is C16H24N2O3. The van der Waals surface area contributed by atoms with E-state index in [0.29, 0.717) is 18.8 Å². The van der Waals surface area contributed by atoms with Crippen LogP contribution in [0.25, 0.3) is 0 Å². The Balaban J connectivity index is 1.84. The Morgan fingerprint density at radius 2 is 1.67 bits per heavy atom. The molecule has 2 saturated carbocycles. The largest absolute Gasteiger partial charge is 0.331 e. The zero-order chi connectivity index (χ0) is 15.0. The molecule has 1 atom stereocenters. The molecule has 4 amide bonds. The lowest BCUT2D eigenvalue weighted by molar-refractivity contribution is -0.153. The molecule has 0 aromatic heterocycles. The van der Waals surface area contributed by atoms with Gasteiger partial charge in [-0.3, -0.25) is 19.8 Å². The smallest absolute Gasteiger partial charge is 0.277 e. The maximum absolute atomic E-state index is 12.9. The standard InChI is InChI=1S/C16H24N2O3/c1-11(12-7-3-2-4-8-12)18-14(20)16(9-5-6-10-16)13(19)17-15(18)21/h11-12H,2-10H2,1H3,(H,17,19,21). The number of urea groups is 1. The van der Waals surface area contributed by atoms with Crippen molar-refractivity contribution in [2.24, 2.45) is 11.3 Å². The van der Waals surface area contributed by atoms with Gasteiger partial charge in [0.05, 0.1) is 0 Å². The van der Waals surface area contributed by atoms with E-state index < -0.39 is 11.4 Å². The molecule has 0 aromatic rings. The Kier molecular flexibility index (Phi) is 3.76. The van der Waals surface area contributed by atoms with Crippen molar-refractivity contribution in [2.45, 2.75) is 70.8 Å². The molecule has 0 bridgehead atoms. The predicted octanol–water partition coefficient (Wildman–Crippen LogP) is 2.59. The fraction of sp³-hybridized carbons (Fsp3) is 0.812. The molecule has 3 aliphatic rings. The van der Waals surface area contributed by atoms with E-state index >= 15 is 0 Å². The number of amides is 4. The van der Waals surface area contributed by atoms with E-state index in [9.17, 15) is 14.4 Å². The number of carbonyl (C=O) groups is 3. The lowest BCUT2D eigenvalue weighted by atomic mass is 9.79. The van der Waals surface area contributed by atoms with Crippen LogP contribution in [0, 0.1) is 11.3 Å². The highest BCUT2D eigenvalue weighted by molar-refractivity contribution is 6.19. The van der Waals surface area contributed by atoms with E-state index in [2.05, 4.69) is 5.32 Å². The Labute approximate surface area is 125 Å². The molecule has 1 saturated heterocycles. The van der Waals surface area contributed by atoms with Crippen LogP contribution in [-0.2, 0) is 9.59 Å². The third-order valence-electron chi connectivity index (χ3n) is 5.70. The van der Waals surface area contributed by atoms with Gasteiger partial charge >= 0.3 is 6.03 Å². The number of rotatable bonds is 2. The van der Waals surface area contributed by atoms with Crippen LogP contribution in [0.4, 0.5) is 4.79 Å². The van der Waals surface area contributed by atoms with Gasteiger partial charge in [0.15, 0.2) is 0 Å². The minimum absolute atomic E-state index is 0.108. The molecule has 0 radical (unpaired) electrons. The molecule has 5 nitrogen and oxygen atoms in total. The molecular weight excluding hydrogens is 268 g/mol. The zero-order valence-electron chi connectivity index (χ0n) is 12.7. The summed E-state index contributed by atoms with van der Waals surface area (Å²) in [4.78, 5) is 38.7. The molecule has 1 heterocycles. The van der Waals surface area contributed by atoms with Crippen LogP contribution in [0.15, 0.2) is 0 Å². The van der Waals surface area contributed by atoms with E-state index in [1.807, 2.05) is 6.92 Å². The Bertz CT molecular complexity index is 462. The number of nitrogens with one attached hydrogen (secondary N) is 1. The first kappa shape index (κ1) is 14.5. The summed E-state index contributed by atoms with van der Waals surface area (Å²) < 4.78 is 0. The van der Waals surface area contributed by atoms with Gasteiger partial charge < -0.3 is 0 Å². The molecule has 21 heavy (non-hydrogen) atoms. The van der Waals surface area contributed by atoms with Crippen molar-refractivity contribution in [1.82, 2.24) is 10.2 Å². The number of hydrogen-bond acceptors (Lipinski definition) is 3. The summed E-state index contributed by atoms with van der Waals surface area (Å²) in [6, 6.07) is -0.621. The summed E-state index contributed by atoms with van der Waals surface area (Å²) in [6.07, 6.45) is 8.66. The van der Waals surface area contributed by atoms with Crippen molar-refractivity contribution in [2.75, 3.05) is 0 Å². The summed E-state index contributed by atoms with van der Waals surface area (Å²) in [5.41, 5.74) is -0.961. The van der Waals surface area contributed by atoms with Gasteiger partial charge in [-0.25, -0.2) is 4.79 Å². The number of carbonyl (C=O) groups excluding carboxylic acids is 3. The number of imide groups is 2. The van der Waals surface area contributed by atoms with Crippen LogP contribution in [-0.4, -0.2) is 28.8 Å². The zero-order valence-corrected chi connectivity index (χ0v) is 12.7. The van der Waals surface area contributed by atoms with E-state index in [0.717, 1.165) is 25.7 Å². The molecule has 1 aliphatic heterocycles. The predicted molar refractivity (Wildman–Crippen MR) is 77.3 cm³/mol. The van der Waals surface area contributed by atoms with Crippen molar-refractivity contribution in [1.29, 1.82) is 0 Å². The summed E-state index contributed by atoms with van der Waals surface area (Å²) >= 11 is 0. The fourth-order valence-electron chi connectivity index (χ4n) is 4.31. The Morgan fingerprint density at radius 1 is 1.05 bits per heavy atom. The Morgan fingerprint density at radius 3 is 2.29 bits per heavy atom. The number of barbiturate groups is 1. The molecule has 0 aromatic carbocycles. The van der Waals surface area contributed by atoms with Gasteiger partial charge in [-0.1, -0.05) is 32.1 Å². The third kappa shape index (κ3) is 2.27. The third-order valence-corrected chi connectivity index (χ3v) is 5.70. The minimum Gasteiger partial charge on any atom is -0.277 e. The summed E-state index contributed by atoms with van der Waals surface area (Å²) in [6.45, 7) is 1.96. The topological polar surface area (TPSA) is 66.5 Å². The van der Waals surface area contributed by atoms with Crippen molar-refractivity contribution in [3.63, 3.8) is 0 Å². The lowest BCUT2D eigenvalue weighted by Gasteiger charge is -2.42. The van der Waals surface area contributed by atoms with Gasteiger partial charge in [-0.15, -0.1) is 0 Å². The highest BCUT2D eigenvalue weighted by Gasteiger charge is 2.56. The van der Waals surface area contributed by atoms with Gasteiger partial charge in [-0.05, 0) is 38.5 Å². The molecule has 3 rings (SSSR count). The fourth-order valence-corrected chi connectivity index (χ4v) is 4.31. The molecule has 1 spiro atoms. The highest BCUT2D eigenvalue weighted by atomic mass is 16.2. The maximum atomic E-state index is 12.9. The van der Waals surface area contributed by atoms with Gasteiger partial charge in [0.25, 0.3) is 0 Å². The summed E-state index contributed by atoms with van der Waals surface area (Å²) in [5, 5.41) is 2.44. The highest BCUT2D eigenvalue weighted by Crippen LogP contribution is 2.43. The van der Waals surface area contributed by atoms with Crippen LogP contribution in [0.5, 0.6) is 0 Å². The average molecular weight is 292 g/mol. The first-order chi connectivity index (χ1) is 10.1. The minimum atomic E-state index is -0.961. The lowest BCUT2D eigenvalue weighted by Crippen LogP contribution is -2.65. The molecule has 1 N–H and O–H groups in total. The molecule has 1 unspecified atom stereocenters. The summed E-state index contributed by atoms with van der Waals surface area (Å²) in [5.74, 6) is -0.242. The summed E-state index contributed by atoms with van der Waals surface area (Å²) in [7, 11) is 0. The van der Waals surface area contributed by atoms with Crippen molar-refractivity contribution in [3.05, 3.63) is 0 Å². The van der Waals surface area contributed by atoms with Crippen LogP contribution in [0.1, 0.15) is 64.7 Å². The van der Waals surface area contributed by atoms with E-state index in [-0.39, 0.29) is 17.9 Å². The van der Waals surface area contributed by atoms with Crippen LogP contribution < -0.4 is 5.32 Å². The first-order valence-corrected chi connectivity index (χ1v) is 8.25. The van der Waals surface area contributed by atoms with Gasteiger partial charge in [0.1, 0.15) is 5.41 Å². The first-order valence-electron chi connectivity index (χ1n) is 8.25. The average Bonchev–Trinajstić information content (AvgIpc) is 2.97. The van der Waals surface area contributed by atoms with E-state index in [1.54, 1.807) is 0 Å². The van der Waals surface area contributed by atoms with E-state index in [1.165, 1.54) is 24.2 Å². The van der Waals surface area contributed by atoms with Crippen LogP contribution in [0.2, 0.25) is 0 Å². The number of hydrogen-bond donors (Lipinski definition) is 1. The van der Waals surface area contributed by atoms with Crippen LogP contribution in [0.3, 0.4) is 0 Å². The second-order valence-electron chi connectivity index (χ2n) is 6.86. The molecule has 116 valence electrons. The van der Waals surface area contributed by atoms with Crippen molar-refractivity contribution < 1.29 is 14.4 Å². The van der Waals surface area contributed by atoms with Crippen molar-refractivity contribution in [3.8, 4) is 0 Å². The SMILES string of the molecule is CC(C1CCCCC1)N1C(=O)NC(=O)C2(CCCC2)C1=O. The molecule has 3 fully saturated rings. The Hall–Kier alpha value is -1.39. The number of nitrogens with zero attached hydrogens (tertiary/aromatic N) is 1. The molecule has 5 heteroatoms. The van der Waals surface area contributed by atoms with Crippen LogP contribution >= 0.6 is 0 Å². The molecule has 2 aliphatic carbocycles. The van der Waals surface area contributed by atoms with Gasteiger partial charge in [0, 0.05) is 6.04 Å². The maximum Gasteiger partial charge on any atom is 0.331 e. The van der Waals surface area contributed by atoms with E-state index in [4.69, 9.17) is 0 Å².